The lowest BCUT2D eigenvalue weighted by atomic mass is 10.2. The number of thiazole rings is 1. The van der Waals surface area contributed by atoms with E-state index in [1.54, 1.807) is 25.4 Å². The number of nitrogens with one attached hydrogen (secondary N) is 1. The van der Waals surface area contributed by atoms with Crippen LogP contribution in [-0.2, 0) is 14.8 Å². The topological polar surface area (TPSA) is 105 Å². The molecule has 1 N–H and O–H groups in total. The molecule has 2 aromatic heterocycles. The molecule has 3 heterocycles. The highest BCUT2D eigenvalue weighted by atomic mass is 32.2. The number of sulfonamides is 1. The third-order valence-corrected chi connectivity index (χ3v) is 6.55. The van der Waals surface area contributed by atoms with Crippen LogP contribution in [0.3, 0.4) is 0 Å². The molecule has 10 heteroatoms. The van der Waals surface area contributed by atoms with Gasteiger partial charge in [-0.25, -0.2) is 13.4 Å². The van der Waals surface area contributed by atoms with Crippen molar-refractivity contribution in [2.24, 2.45) is 0 Å². The standard InChI is InChI=1S/C13H16N4O4S2/c1-8-11(9(2)21-16-8)23(19,20)17-6-3-4-10(17)12(18)15-13-14-5-7-22-13/h5,7,10H,3-4,6H2,1-2H3,(H,14,15,18)/t10-/m1/s1. The second kappa shape index (κ2) is 6.02. The molecule has 1 amide bonds. The quantitative estimate of drug-likeness (QED) is 0.891. The number of hydrogen-bond acceptors (Lipinski definition) is 7. The van der Waals surface area contributed by atoms with E-state index in [0.717, 1.165) is 0 Å². The highest BCUT2D eigenvalue weighted by Crippen LogP contribution is 2.30. The molecule has 1 aliphatic rings. The smallest absolute Gasteiger partial charge is 0.249 e. The molecule has 1 atom stereocenters. The molecule has 1 fully saturated rings. The van der Waals surface area contributed by atoms with Gasteiger partial charge >= 0.3 is 0 Å². The van der Waals surface area contributed by atoms with Crippen LogP contribution in [0.4, 0.5) is 5.13 Å². The van der Waals surface area contributed by atoms with Crippen molar-refractivity contribution in [2.75, 3.05) is 11.9 Å². The zero-order valence-corrected chi connectivity index (χ0v) is 14.3. The Morgan fingerprint density at radius 1 is 1.48 bits per heavy atom. The first-order valence-electron chi connectivity index (χ1n) is 7.06. The number of carbonyl (C=O) groups is 1. The lowest BCUT2D eigenvalue weighted by Gasteiger charge is -2.22. The van der Waals surface area contributed by atoms with Crippen LogP contribution < -0.4 is 5.32 Å². The number of carbonyl (C=O) groups excluding carboxylic acids is 1. The van der Waals surface area contributed by atoms with Gasteiger partial charge in [-0.05, 0) is 26.7 Å². The fourth-order valence-corrected chi connectivity index (χ4v) is 5.21. The van der Waals surface area contributed by atoms with Gasteiger partial charge in [0.2, 0.25) is 15.9 Å². The van der Waals surface area contributed by atoms with E-state index in [2.05, 4.69) is 15.5 Å². The minimum Gasteiger partial charge on any atom is -0.360 e. The Bertz CT molecular complexity index is 794. The van der Waals surface area contributed by atoms with Gasteiger partial charge in [0.1, 0.15) is 16.6 Å². The van der Waals surface area contributed by atoms with Gasteiger partial charge in [0.15, 0.2) is 10.9 Å². The predicted molar refractivity (Wildman–Crippen MR) is 83.6 cm³/mol. The van der Waals surface area contributed by atoms with Gasteiger partial charge < -0.3 is 9.84 Å². The van der Waals surface area contributed by atoms with Gasteiger partial charge in [-0.1, -0.05) is 5.16 Å². The van der Waals surface area contributed by atoms with Crippen LogP contribution in [0.2, 0.25) is 0 Å². The Kier molecular flexibility index (Phi) is 4.21. The number of aryl methyl sites for hydroxylation is 2. The summed E-state index contributed by atoms with van der Waals surface area (Å²) in [5.74, 6) is -0.138. The minimum atomic E-state index is -3.83. The van der Waals surface area contributed by atoms with E-state index in [1.165, 1.54) is 15.6 Å². The number of anilines is 1. The van der Waals surface area contributed by atoms with Gasteiger partial charge in [-0.2, -0.15) is 4.31 Å². The molecule has 3 rings (SSSR count). The zero-order valence-electron chi connectivity index (χ0n) is 12.6. The molecule has 2 aromatic rings. The minimum absolute atomic E-state index is 0.0476. The third kappa shape index (κ3) is 2.89. The Balaban J connectivity index is 1.88. The summed E-state index contributed by atoms with van der Waals surface area (Å²) in [4.78, 5) is 16.5. The second-order valence-corrected chi connectivity index (χ2v) is 7.98. The summed E-state index contributed by atoms with van der Waals surface area (Å²) >= 11 is 1.29. The van der Waals surface area contributed by atoms with E-state index in [1.807, 2.05) is 0 Å². The van der Waals surface area contributed by atoms with Crippen LogP contribution in [0.5, 0.6) is 0 Å². The highest BCUT2D eigenvalue weighted by molar-refractivity contribution is 7.89. The first-order chi connectivity index (χ1) is 10.9. The van der Waals surface area contributed by atoms with E-state index in [-0.39, 0.29) is 16.6 Å². The van der Waals surface area contributed by atoms with Crippen molar-refractivity contribution in [1.29, 1.82) is 0 Å². The Hall–Kier alpha value is -1.78. The van der Waals surface area contributed by atoms with Crippen molar-refractivity contribution in [3.05, 3.63) is 23.0 Å². The molecular formula is C13H16N4O4S2. The number of aromatic nitrogens is 2. The monoisotopic (exact) mass is 356 g/mol. The first-order valence-corrected chi connectivity index (χ1v) is 9.38. The maximum absolute atomic E-state index is 12.9. The molecule has 23 heavy (non-hydrogen) atoms. The van der Waals surface area contributed by atoms with Crippen LogP contribution in [-0.4, -0.2) is 41.4 Å². The van der Waals surface area contributed by atoms with Crippen molar-refractivity contribution < 1.29 is 17.7 Å². The van der Waals surface area contributed by atoms with E-state index in [4.69, 9.17) is 4.52 Å². The third-order valence-electron chi connectivity index (χ3n) is 3.70. The van der Waals surface area contributed by atoms with Gasteiger partial charge in [0.05, 0.1) is 0 Å². The Morgan fingerprint density at radius 3 is 2.87 bits per heavy atom. The number of hydrogen-bond donors (Lipinski definition) is 1. The lowest BCUT2D eigenvalue weighted by Crippen LogP contribution is -2.43. The molecule has 0 aromatic carbocycles. The van der Waals surface area contributed by atoms with Crippen molar-refractivity contribution in [1.82, 2.24) is 14.4 Å². The summed E-state index contributed by atoms with van der Waals surface area (Å²) in [5.41, 5.74) is 0.300. The van der Waals surface area contributed by atoms with Crippen molar-refractivity contribution in [2.45, 2.75) is 37.6 Å². The molecule has 0 saturated carbocycles. The largest absolute Gasteiger partial charge is 0.360 e. The van der Waals surface area contributed by atoms with Crippen LogP contribution in [0.1, 0.15) is 24.3 Å². The maximum atomic E-state index is 12.9. The van der Waals surface area contributed by atoms with E-state index >= 15 is 0 Å². The number of rotatable bonds is 4. The summed E-state index contributed by atoms with van der Waals surface area (Å²) in [6, 6.07) is -0.752. The van der Waals surface area contributed by atoms with Crippen LogP contribution in [0.15, 0.2) is 21.0 Å². The molecule has 0 unspecified atom stereocenters. The molecule has 0 radical (unpaired) electrons. The van der Waals surface area contributed by atoms with Crippen molar-refractivity contribution in [3.8, 4) is 0 Å². The predicted octanol–water partition coefficient (Wildman–Crippen LogP) is 1.54. The van der Waals surface area contributed by atoms with Crippen molar-refractivity contribution >= 4 is 32.4 Å². The number of nitrogens with zero attached hydrogens (tertiary/aromatic N) is 3. The summed E-state index contributed by atoms with van der Waals surface area (Å²) in [6.07, 6.45) is 2.67. The average molecular weight is 356 g/mol. The fraction of sp³-hybridized carbons (Fsp3) is 0.462. The van der Waals surface area contributed by atoms with Crippen LogP contribution in [0.25, 0.3) is 0 Å². The van der Waals surface area contributed by atoms with Crippen LogP contribution in [0, 0.1) is 13.8 Å². The van der Waals surface area contributed by atoms with E-state index in [0.29, 0.717) is 30.2 Å². The van der Waals surface area contributed by atoms with Gasteiger partial charge in [-0.3, -0.25) is 4.79 Å². The number of amides is 1. The van der Waals surface area contributed by atoms with Gasteiger partial charge in [-0.15, -0.1) is 11.3 Å². The molecule has 1 saturated heterocycles. The van der Waals surface area contributed by atoms with E-state index in [9.17, 15) is 13.2 Å². The summed E-state index contributed by atoms with van der Waals surface area (Å²) in [5, 5.41) is 8.55. The maximum Gasteiger partial charge on any atom is 0.249 e. The second-order valence-electron chi connectivity index (χ2n) is 5.25. The summed E-state index contributed by atoms with van der Waals surface area (Å²) < 4.78 is 32.0. The molecule has 0 aliphatic carbocycles. The molecular weight excluding hydrogens is 340 g/mol. The summed E-state index contributed by atoms with van der Waals surface area (Å²) in [6.45, 7) is 3.42. The first kappa shape index (κ1) is 16.1. The lowest BCUT2D eigenvalue weighted by molar-refractivity contribution is -0.119. The average Bonchev–Trinajstić information content (AvgIpc) is 3.20. The van der Waals surface area contributed by atoms with Gasteiger partial charge in [0, 0.05) is 18.1 Å². The Morgan fingerprint density at radius 2 is 2.26 bits per heavy atom. The fourth-order valence-electron chi connectivity index (χ4n) is 2.72. The molecule has 8 nitrogen and oxygen atoms in total. The Labute approximate surface area is 137 Å². The SMILES string of the molecule is Cc1noc(C)c1S(=O)(=O)N1CCC[C@@H]1C(=O)Nc1nccs1. The zero-order chi connectivity index (χ0) is 16.6. The normalized spacial score (nSPS) is 19.1. The van der Waals surface area contributed by atoms with Crippen LogP contribution >= 0.6 is 11.3 Å². The molecule has 1 aliphatic heterocycles. The molecule has 0 spiro atoms. The van der Waals surface area contributed by atoms with E-state index < -0.39 is 16.1 Å². The summed E-state index contributed by atoms with van der Waals surface area (Å²) in [7, 11) is -3.83. The van der Waals surface area contributed by atoms with Gasteiger partial charge in [0.25, 0.3) is 0 Å². The van der Waals surface area contributed by atoms with Crippen molar-refractivity contribution in [3.63, 3.8) is 0 Å². The highest BCUT2D eigenvalue weighted by Gasteiger charge is 2.42. The molecule has 0 bridgehead atoms. The molecule has 124 valence electrons.